The molecule has 0 fully saturated rings. The van der Waals surface area contributed by atoms with E-state index >= 15 is 0 Å². The molecule has 0 spiro atoms. The fraction of sp³-hybridized carbons (Fsp3) is 0.389. The maximum Gasteiger partial charge on any atom is 0.254 e. The molecule has 3 rings (SSSR count). The van der Waals surface area contributed by atoms with E-state index in [1.54, 1.807) is 24.3 Å². The first-order valence-corrected chi connectivity index (χ1v) is 9.57. The zero-order valence-electron chi connectivity index (χ0n) is 15.1. The first kappa shape index (κ1) is 19.0. The van der Waals surface area contributed by atoms with E-state index in [1.165, 1.54) is 11.3 Å². The van der Waals surface area contributed by atoms with Gasteiger partial charge in [-0.2, -0.15) is 0 Å². The number of amides is 3. The minimum absolute atomic E-state index is 0.0772. The highest BCUT2D eigenvalue weighted by molar-refractivity contribution is 7.15. The molecule has 0 radical (unpaired) electrons. The summed E-state index contributed by atoms with van der Waals surface area (Å²) in [5.41, 5.74) is 0.878. The molecule has 3 N–H and O–H groups in total. The molecule has 9 heteroatoms. The maximum absolute atomic E-state index is 12.3. The van der Waals surface area contributed by atoms with E-state index < -0.39 is 6.04 Å². The molecule has 142 valence electrons. The lowest BCUT2D eigenvalue weighted by molar-refractivity contribution is -0.118. The number of anilines is 2. The number of benzene rings is 1. The summed E-state index contributed by atoms with van der Waals surface area (Å²) >= 11 is 1.34. The molecule has 8 nitrogen and oxygen atoms in total. The van der Waals surface area contributed by atoms with Gasteiger partial charge < -0.3 is 16.0 Å². The van der Waals surface area contributed by atoms with Crippen LogP contribution in [0.5, 0.6) is 0 Å². The Hall–Kier alpha value is -2.81. The van der Waals surface area contributed by atoms with Gasteiger partial charge in [-0.3, -0.25) is 14.4 Å². The van der Waals surface area contributed by atoms with Gasteiger partial charge in [-0.25, -0.2) is 0 Å². The number of aromatic nitrogens is 2. The lowest BCUT2D eigenvalue weighted by atomic mass is 10.1. The minimum atomic E-state index is -0.776. The van der Waals surface area contributed by atoms with E-state index in [-0.39, 0.29) is 30.6 Å². The maximum atomic E-state index is 12.3. The molecule has 1 atom stereocenters. The quantitative estimate of drug-likeness (QED) is 0.703. The predicted molar refractivity (Wildman–Crippen MR) is 103 cm³/mol. The summed E-state index contributed by atoms with van der Waals surface area (Å²) in [6, 6.07) is 6.02. The van der Waals surface area contributed by atoms with Gasteiger partial charge >= 0.3 is 0 Å². The molecule has 3 amide bonds. The van der Waals surface area contributed by atoms with Gasteiger partial charge in [0, 0.05) is 12.8 Å². The zero-order valence-corrected chi connectivity index (χ0v) is 15.9. The third-order valence-electron chi connectivity index (χ3n) is 4.01. The van der Waals surface area contributed by atoms with Crippen molar-refractivity contribution in [3.05, 3.63) is 34.8 Å². The smallest absolute Gasteiger partial charge is 0.254 e. The predicted octanol–water partition coefficient (Wildman–Crippen LogP) is 2.21. The van der Waals surface area contributed by atoms with Gasteiger partial charge in [-0.1, -0.05) is 37.3 Å². The van der Waals surface area contributed by atoms with Crippen LogP contribution >= 0.6 is 11.3 Å². The largest absolute Gasteiger partial charge is 0.340 e. The van der Waals surface area contributed by atoms with Gasteiger partial charge in [-0.05, 0) is 24.5 Å². The van der Waals surface area contributed by atoms with Gasteiger partial charge in [0.15, 0.2) is 0 Å². The Kier molecular flexibility index (Phi) is 5.80. The molecule has 0 saturated heterocycles. The normalized spacial score (nSPS) is 16.3. The first-order chi connectivity index (χ1) is 12.9. The van der Waals surface area contributed by atoms with Crippen molar-refractivity contribution in [2.75, 3.05) is 10.6 Å². The van der Waals surface area contributed by atoms with Gasteiger partial charge in [0.05, 0.1) is 11.3 Å². The lowest BCUT2D eigenvalue weighted by Crippen LogP contribution is -2.41. The van der Waals surface area contributed by atoms with Crippen LogP contribution in [0.15, 0.2) is 24.3 Å². The molecular weight excluding hydrogens is 366 g/mol. The molecule has 1 aromatic heterocycles. The van der Waals surface area contributed by atoms with Crippen molar-refractivity contribution >= 4 is 39.9 Å². The Morgan fingerprint density at radius 1 is 1.26 bits per heavy atom. The van der Waals surface area contributed by atoms with Crippen LogP contribution in [0.25, 0.3) is 0 Å². The topological polar surface area (TPSA) is 113 Å². The second-order valence-electron chi connectivity index (χ2n) is 6.75. The highest BCUT2D eigenvalue weighted by Crippen LogP contribution is 2.20. The molecule has 1 aliphatic heterocycles. The number of fused-ring (bicyclic) bond motifs is 1. The standard InChI is InChI=1S/C18H21N5O3S/c1-10(2)9-15-22-23-18(27-15)21-14(24)8-7-13-17(26)19-12-6-4-3-5-11(12)16(25)20-13/h3-6,10,13H,7-9H2,1-2H3,(H,19,26)(H,20,25)(H,21,23,24). The summed E-state index contributed by atoms with van der Waals surface area (Å²) in [5.74, 6) is -0.484. The van der Waals surface area contributed by atoms with E-state index in [4.69, 9.17) is 0 Å². The second kappa shape index (κ2) is 8.26. The Bertz CT molecular complexity index is 864. The number of rotatable bonds is 6. The Morgan fingerprint density at radius 3 is 2.81 bits per heavy atom. The van der Waals surface area contributed by atoms with Crippen LogP contribution in [-0.4, -0.2) is 34.0 Å². The number of hydrogen-bond acceptors (Lipinski definition) is 6. The van der Waals surface area contributed by atoms with Crippen molar-refractivity contribution in [1.82, 2.24) is 15.5 Å². The zero-order chi connectivity index (χ0) is 19.4. The Labute approximate surface area is 160 Å². The van der Waals surface area contributed by atoms with Crippen molar-refractivity contribution in [2.24, 2.45) is 5.92 Å². The average Bonchev–Trinajstić information content (AvgIpc) is 2.99. The molecule has 1 aromatic carbocycles. The van der Waals surface area contributed by atoms with Crippen molar-refractivity contribution < 1.29 is 14.4 Å². The van der Waals surface area contributed by atoms with E-state index in [9.17, 15) is 14.4 Å². The van der Waals surface area contributed by atoms with E-state index in [1.807, 2.05) is 0 Å². The van der Waals surface area contributed by atoms with Gasteiger partial charge in [0.2, 0.25) is 16.9 Å². The van der Waals surface area contributed by atoms with E-state index in [0.717, 1.165) is 11.4 Å². The Balaban J connectivity index is 1.55. The number of para-hydroxylation sites is 1. The van der Waals surface area contributed by atoms with Crippen LogP contribution in [0.3, 0.4) is 0 Å². The van der Waals surface area contributed by atoms with Crippen molar-refractivity contribution in [3.8, 4) is 0 Å². The van der Waals surface area contributed by atoms with E-state index in [0.29, 0.717) is 22.3 Å². The molecule has 1 unspecified atom stereocenters. The van der Waals surface area contributed by atoms with Crippen LogP contribution in [-0.2, 0) is 16.0 Å². The van der Waals surface area contributed by atoms with Crippen molar-refractivity contribution in [3.63, 3.8) is 0 Å². The van der Waals surface area contributed by atoms with Gasteiger partial charge in [0.25, 0.3) is 5.91 Å². The number of carbonyl (C=O) groups excluding carboxylic acids is 3. The Morgan fingerprint density at radius 2 is 2.04 bits per heavy atom. The minimum Gasteiger partial charge on any atom is -0.340 e. The van der Waals surface area contributed by atoms with Crippen molar-refractivity contribution in [1.29, 1.82) is 0 Å². The van der Waals surface area contributed by atoms with Crippen LogP contribution in [0.1, 0.15) is 42.1 Å². The fourth-order valence-electron chi connectivity index (χ4n) is 2.71. The van der Waals surface area contributed by atoms with Crippen LogP contribution in [0.4, 0.5) is 10.8 Å². The third kappa shape index (κ3) is 4.88. The molecule has 0 saturated carbocycles. The highest BCUT2D eigenvalue weighted by atomic mass is 32.1. The van der Waals surface area contributed by atoms with E-state index in [2.05, 4.69) is 40.0 Å². The number of nitrogens with one attached hydrogen (secondary N) is 3. The highest BCUT2D eigenvalue weighted by Gasteiger charge is 2.27. The first-order valence-electron chi connectivity index (χ1n) is 8.75. The summed E-state index contributed by atoms with van der Waals surface area (Å²) in [5, 5.41) is 17.4. The van der Waals surface area contributed by atoms with Gasteiger partial charge in [-0.15, -0.1) is 10.2 Å². The molecule has 27 heavy (non-hydrogen) atoms. The molecule has 0 aliphatic carbocycles. The SMILES string of the molecule is CC(C)Cc1nnc(NC(=O)CCC2NC(=O)c3ccccc3NC2=O)s1. The average molecular weight is 387 g/mol. The number of hydrogen-bond donors (Lipinski definition) is 3. The lowest BCUT2D eigenvalue weighted by Gasteiger charge is -2.13. The monoisotopic (exact) mass is 387 g/mol. The third-order valence-corrected chi connectivity index (χ3v) is 4.87. The van der Waals surface area contributed by atoms with Crippen LogP contribution in [0.2, 0.25) is 0 Å². The summed E-state index contributed by atoms with van der Waals surface area (Å²) in [6.45, 7) is 4.17. The summed E-state index contributed by atoms with van der Waals surface area (Å²) in [6.07, 6.45) is 1.07. The van der Waals surface area contributed by atoms with Crippen LogP contribution < -0.4 is 16.0 Å². The molecule has 2 heterocycles. The van der Waals surface area contributed by atoms with Crippen LogP contribution in [0, 0.1) is 5.92 Å². The number of carbonyl (C=O) groups is 3. The van der Waals surface area contributed by atoms with Crippen molar-refractivity contribution in [2.45, 2.75) is 39.2 Å². The molecule has 2 aromatic rings. The summed E-state index contributed by atoms with van der Waals surface area (Å²) < 4.78 is 0. The fourth-order valence-corrected chi connectivity index (χ4v) is 3.68. The summed E-state index contributed by atoms with van der Waals surface area (Å²) in [4.78, 5) is 36.8. The number of nitrogens with zero attached hydrogens (tertiary/aromatic N) is 2. The molecule has 0 bridgehead atoms. The second-order valence-corrected chi connectivity index (χ2v) is 7.81. The molecular formula is C18H21N5O3S. The summed E-state index contributed by atoms with van der Waals surface area (Å²) in [7, 11) is 0. The van der Waals surface area contributed by atoms with Gasteiger partial charge in [0.1, 0.15) is 11.0 Å². The molecule has 1 aliphatic rings.